The molecule has 3 rings (SSSR count). The minimum Gasteiger partial charge on any atom is -0.480 e. The third kappa shape index (κ3) is 7.48. The van der Waals surface area contributed by atoms with Gasteiger partial charge in [0.15, 0.2) is 0 Å². The second-order valence-electron chi connectivity index (χ2n) is 8.11. The Labute approximate surface area is 213 Å². The number of hydrogen-bond acceptors (Lipinski definition) is 6. The second kappa shape index (κ2) is 12.0. The van der Waals surface area contributed by atoms with Gasteiger partial charge in [-0.3, -0.25) is 19.2 Å². The molecule has 0 spiro atoms. The van der Waals surface area contributed by atoms with Gasteiger partial charge in [0.2, 0.25) is 5.91 Å². The highest BCUT2D eigenvalue weighted by Gasteiger charge is 2.25. The summed E-state index contributed by atoms with van der Waals surface area (Å²) in [5.41, 5.74) is 0.863. The average Bonchev–Trinajstić information content (AvgIpc) is 2.89. The van der Waals surface area contributed by atoms with Gasteiger partial charge in [-0.2, -0.15) is 0 Å². The van der Waals surface area contributed by atoms with Gasteiger partial charge < -0.3 is 15.7 Å². The quantitative estimate of drug-likeness (QED) is 0.315. The molecule has 0 aliphatic rings. The van der Waals surface area contributed by atoms with Gasteiger partial charge in [-0.25, -0.2) is 13.1 Å². The normalized spacial score (nSPS) is 12.6. The molecule has 0 aliphatic heterocycles. The molecule has 3 aromatic rings. The van der Waals surface area contributed by atoms with Crippen LogP contribution in [0.3, 0.4) is 0 Å². The first-order valence-corrected chi connectivity index (χ1v) is 12.7. The first-order chi connectivity index (χ1) is 17.6. The van der Waals surface area contributed by atoms with Crippen LogP contribution in [0.15, 0.2) is 89.8 Å². The third-order valence-corrected chi connectivity index (χ3v) is 6.67. The Bertz CT molecular complexity index is 1380. The van der Waals surface area contributed by atoms with E-state index >= 15 is 0 Å². The fourth-order valence-corrected chi connectivity index (χ4v) is 4.28. The smallest absolute Gasteiger partial charge is 0.325 e. The van der Waals surface area contributed by atoms with E-state index in [1.165, 1.54) is 55.5 Å². The Morgan fingerprint density at radius 3 is 1.81 bits per heavy atom. The monoisotopic (exact) mass is 523 g/mol. The van der Waals surface area contributed by atoms with Crippen molar-refractivity contribution in [1.82, 2.24) is 15.4 Å². The number of sulfonamides is 1. The van der Waals surface area contributed by atoms with Gasteiger partial charge in [-0.1, -0.05) is 48.5 Å². The Morgan fingerprint density at radius 2 is 1.27 bits per heavy atom. The molecule has 4 N–H and O–H groups in total. The first-order valence-electron chi connectivity index (χ1n) is 11.2. The molecular formula is C26H25N3O7S. The van der Waals surface area contributed by atoms with E-state index in [1.807, 2.05) is 4.72 Å². The maximum absolute atomic E-state index is 12.9. The largest absolute Gasteiger partial charge is 0.480 e. The van der Waals surface area contributed by atoms with Crippen LogP contribution in [0.2, 0.25) is 0 Å². The van der Waals surface area contributed by atoms with Crippen LogP contribution in [0.4, 0.5) is 0 Å². The zero-order chi connectivity index (χ0) is 27.0. The Hall–Kier alpha value is -4.51. The van der Waals surface area contributed by atoms with Gasteiger partial charge in [0, 0.05) is 17.5 Å². The molecule has 3 aromatic carbocycles. The van der Waals surface area contributed by atoms with E-state index in [0.717, 1.165) is 5.56 Å². The molecule has 0 radical (unpaired) electrons. The number of carboxylic acids is 1. The van der Waals surface area contributed by atoms with E-state index in [0.29, 0.717) is 0 Å². The van der Waals surface area contributed by atoms with Crippen molar-refractivity contribution in [3.05, 3.63) is 102 Å². The van der Waals surface area contributed by atoms with Crippen LogP contribution in [0.1, 0.15) is 33.2 Å². The van der Waals surface area contributed by atoms with E-state index < -0.39 is 45.8 Å². The number of carbonyl (C=O) groups excluding carboxylic acids is 3. The molecule has 192 valence electrons. The molecule has 0 aromatic heterocycles. The van der Waals surface area contributed by atoms with E-state index in [1.54, 1.807) is 36.4 Å². The first kappa shape index (κ1) is 27.1. The van der Waals surface area contributed by atoms with Crippen LogP contribution in [0.5, 0.6) is 0 Å². The molecule has 0 aliphatic carbocycles. The molecule has 10 nitrogen and oxygen atoms in total. The van der Waals surface area contributed by atoms with Gasteiger partial charge in [0.25, 0.3) is 21.8 Å². The zero-order valence-corrected chi connectivity index (χ0v) is 20.6. The summed E-state index contributed by atoms with van der Waals surface area (Å²) in [7, 11) is -4.07. The van der Waals surface area contributed by atoms with Crippen LogP contribution in [0.25, 0.3) is 0 Å². The van der Waals surface area contributed by atoms with Crippen molar-refractivity contribution in [2.45, 2.75) is 30.3 Å². The zero-order valence-electron chi connectivity index (χ0n) is 19.7. The molecule has 0 unspecified atom stereocenters. The lowest BCUT2D eigenvalue weighted by atomic mass is 10.0. The van der Waals surface area contributed by atoms with Crippen LogP contribution in [-0.4, -0.2) is 49.3 Å². The van der Waals surface area contributed by atoms with Crippen molar-refractivity contribution < 1.29 is 32.7 Å². The molecule has 0 fully saturated rings. The lowest BCUT2D eigenvalue weighted by molar-refractivity contribution is -0.141. The summed E-state index contributed by atoms with van der Waals surface area (Å²) < 4.78 is 26.7. The highest BCUT2D eigenvalue weighted by Crippen LogP contribution is 2.11. The van der Waals surface area contributed by atoms with Crippen molar-refractivity contribution >= 4 is 33.7 Å². The summed E-state index contributed by atoms with van der Waals surface area (Å²) in [6, 6.07) is 19.2. The Kier molecular flexibility index (Phi) is 8.75. The fourth-order valence-electron chi connectivity index (χ4n) is 3.29. The summed E-state index contributed by atoms with van der Waals surface area (Å²) in [5, 5.41) is 14.0. The van der Waals surface area contributed by atoms with Crippen LogP contribution >= 0.6 is 0 Å². The van der Waals surface area contributed by atoms with Gasteiger partial charge in [0.1, 0.15) is 12.1 Å². The van der Waals surface area contributed by atoms with Gasteiger partial charge >= 0.3 is 5.97 Å². The van der Waals surface area contributed by atoms with E-state index in [2.05, 4.69) is 10.6 Å². The maximum atomic E-state index is 12.9. The van der Waals surface area contributed by atoms with Crippen LogP contribution < -0.4 is 15.4 Å². The molecule has 3 amide bonds. The molecule has 11 heteroatoms. The van der Waals surface area contributed by atoms with E-state index in [-0.39, 0.29) is 22.4 Å². The number of aliphatic carboxylic acids is 1. The minimum absolute atomic E-state index is 0.00455. The minimum atomic E-state index is -4.07. The lowest BCUT2D eigenvalue weighted by Crippen LogP contribution is -2.51. The number of carboxylic acid groups (broad SMARTS) is 1. The van der Waals surface area contributed by atoms with E-state index in [9.17, 15) is 27.6 Å². The second-order valence-corrected chi connectivity index (χ2v) is 9.79. The molecule has 0 bridgehead atoms. The van der Waals surface area contributed by atoms with Crippen molar-refractivity contribution in [1.29, 1.82) is 0 Å². The summed E-state index contributed by atoms with van der Waals surface area (Å²) >= 11 is 0. The summed E-state index contributed by atoms with van der Waals surface area (Å²) in [6.07, 6.45) is 0.114. The fraction of sp³-hybridized carbons (Fsp3) is 0.154. The predicted molar refractivity (Wildman–Crippen MR) is 134 cm³/mol. The van der Waals surface area contributed by atoms with Crippen molar-refractivity contribution in [3.63, 3.8) is 0 Å². The Balaban J connectivity index is 1.72. The molecule has 0 saturated carbocycles. The van der Waals surface area contributed by atoms with Crippen LogP contribution in [-0.2, 0) is 26.0 Å². The van der Waals surface area contributed by atoms with Crippen LogP contribution in [0, 0.1) is 0 Å². The average molecular weight is 524 g/mol. The third-order valence-electron chi connectivity index (χ3n) is 5.32. The van der Waals surface area contributed by atoms with Crippen molar-refractivity contribution in [2.75, 3.05) is 0 Å². The number of nitrogens with one attached hydrogen (secondary N) is 3. The Morgan fingerprint density at radius 1 is 0.757 bits per heavy atom. The number of amides is 3. The number of benzene rings is 3. The predicted octanol–water partition coefficient (Wildman–Crippen LogP) is 1.74. The molecular weight excluding hydrogens is 498 g/mol. The van der Waals surface area contributed by atoms with Gasteiger partial charge in [-0.15, -0.1) is 0 Å². The maximum Gasteiger partial charge on any atom is 0.325 e. The topological polar surface area (TPSA) is 159 Å². The number of carbonyl (C=O) groups is 4. The number of hydrogen-bond donors (Lipinski definition) is 4. The summed E-state index contributed by atoms with van der Waals surface area (Å²) in [5.74, 6) is -3.40. The molecule has 2 atom stereocenters. The van der Waals surface area contributed by atoms with Gasteiger partial charge in [-0.05, 0) is 48.9 Å². The van der Waals surface area contributed by atoms with Crippen molar-refractivity contribution in [3.8, 4) is 0 Å². The van der Waals surface area contributed by atoms with E-state index in [4.69, 9.17) is 5.11 Å². The standard InChI is InChI=1S/C26H25N3O7S/c1-17(26(33)34)27-25(32)22(16-18-8-4-2-5-9-18)28-23(30)19-12-14-20(15-13-19)24(31)29-37(35,36)21-10-6-3-7-11-21/h2-15,17,22H,16H2,1H3,(H,27,32)(H,28,30)(H,29,31)(H,33,34)/t17-,22-/m0/s1. The van der Waals surface area contributed by atoms with Gasteiger partial charge in [0.05, 0.1) is 4.90 Å². The highest BCUT2D eigenvalue weighted by atomic mass is 32.2. The lowest BCUT2D eigenvalue weighted by Gasteiger charge is -2.20. The molecule has 37 heavy (non-hydrogen) atoms. The molecule has 0 heterocycles. The summed E-state index contributed by atoms with van der Waals surface area (Å²) in [4.78, 5) is 49.1. The highest BCUT2D eigenvalue weighted by molar-refractivity contribution is 7.90. The SMILES string of the molecule is C[C@H](NC(=O)[C@H](Cc1ccccc1)NC(=O)c1ccc(C(=O)NS(=O)(=O)c2ccccc2)cc1)C(=O)O. The molecule has 0 saturated heterocycles. The number of rotatable bonds is 10. The summed E-state index contributed by atoms with van der Waals surface area (Å²) in [6.45, 7) is 1.31. The van der Waals surface area contributed by atoms with Crippen molar-refractivity contribution in [2.24, 2.45) is 0 Å².